The quantitative estimate of drug-likeness (QED) is 0.297. The number of amides is 3. The summed E-state index contributed by atoms with van der Waals surface area (Å²) >= 11 is 0. The van der Waals surface area contributed by atoms with E-state index in [0.29, 0.717) is 68.1 Å². The van der Waals surface area contributed by atoms with Crippen LogP contribution in [-0.4, -0.2) is 93.3 Å². The molecular formula is C37H46N4O6. The highest BCUT2D eigenvalue weighted by Gasteiger charge is 2.45. The van der Waals surface area contributed by atoms with E-state index in [9.17, 15) is 24.6 Å². The Hall–Kier alpha value is -4.41. The lowest BCUT2D eigenvalue weighted by molar-refractivity contribution is -0.137. The number of benzene rings is 3. The molecule has 2 heterocycles. The molecule has 250 valence electrons. The maximum absolute atomic E-state index is 14.3. The van der Waals surface area contributed by atoms with E-state index < -0.39 is 18.3 Å². The Labute approximate surface area is 277 Å². The van der Waals surface area contributed by atoms with Gasteiger partial charge in [-0.05, 0) is 69.4 Å². The van der Waals surface area contributed by atoms with E-state index in [1.165, 1.54) is 4.90 Å². The number of carbonyl (C=O) groups is 3. The van der Waals surface area contributed by atoms with Crippen molar-refractivity contribution in [2.45, 2.75) is 71.3 Å². The number of piperidine rings is 1. The third kappa shape index (κ3) is 7.60. The van der Waals surface area contributed by atoms with Crippen molar-refractivity contribution >= 4 is 23.6 Å². The largest absolute Gasteiger partial charge is 0.473 e. The van der Waals surface area contributed by atoms with Crippen LogP contribution in [0, 0.1) is 6.92 Å². The van der Waals surface area contributed by atoms with Crippen molar-refractivity contribution in [1.29, 1.82) is 0 Å². The second-order valence-corrected chi connectivity index (χ2v) is 13.1. The minimum atomic E-state index is -1.47. The molecule has 0 radical (unpaired) electrons. The standard InChI is InChI=1S/C37H46N4O6/c1-26(2)41(30-16-11-17-39(24-30)36(45)46)34(43)31-21-32-33(20-27(31)3)47-37(4,25-42)35(44)40(32)19-18-38(22-28-12-7-5-8-13-28)23-29-14-9-6-10-15-29/h5-10,12-15,20-21,26,30,42H,11,16-19,22-25H2,1-4H3,(H,45,46)/t30-,37?/m1/s1. The number of rotatable bonds is 11. The van der Waals surface area contributed by atoms with E-state index in [1.807, 2.05) is 57.2 Å². The SMILES string of the molecule is Cc1cc2c(cc1C(=O)N(C(C)C)[C@@H]1CCCN(C(=O)O)C1)N(CCN(Cc1ccccc1)Cc1ccccc1)C(=O)C(C)(CO)O2. The van der Waals surface area contributed by atoms with Gasteiger partial charge in [-0.2, -0.15) is 0 Å². The summed E-state index contributed by atoms with van der Waals surface area (Å²) in [5, 5.41) is 19.9. The molecule has 1 saturated heterocycles. The van der Waals surface area contributed by atoms with Gasteiger partial charge in [0.2, 0.25) is 5.60 Å². The fourth-order valence-electron chi connectivity index (χ4n) is 6.65. The first-order valence-electron chi connectivity index (χ1n) is 16.4. The number of likely N-dealkylation sites (tertiary alicyclic amines) is 1. The lowest BCUT2D eigenvalue weighted by Crippen LogP contribution is -2.58. The number of hydrogen-bond acceptors (Lipinski definition) is 6. The van der Waals surface area contributed by atoms with Gasteiger partial charge in [-0.15, -0.1) is 0 Å². The molecule has 2 aliphatic rings. The van der Waals surface area contributed by atoms with Crippen LogP contribution in [0.4, 0.5) is 10.5 Å². The molecule has 2 N–H and O–H groups in total. The summed E-state index contributed by atoms with van der Waals surface area (Å²) in [6.07, 6.45) is 0.399. The second kappa shape index (κ2) is 14.6. The predicted molar refractivity (Wildman–Crippen MR) is 181 cm³/mol. The van der Waals surface area contributed by atoms with Crippen LogP contribution in [0.5, 0.6) is 5.75 Å². The van der Waals surface area contributed by atoms with Gasteiger partial charge in [0.05, 0.1) is 18.3 Å². The van der Waals surface area contributed by atoms with Crippen LogP contribution in [-0.2, 0) is 17.9 Å². The molecule has 1 unspecified atom stereocenters. The van der Waals surface area contributed by atoms with Crippen molar-refractivity contribution in [3.8, 4) is 5.75 Å². The molecule has 0 spiro atoms. The highest BCUT2D eigenvalue weighted by molar-refractivity contribution is 6.05. The minimum absolute atomic E-state index is 0.173. The number of aryl methyl sites for hydroxylation is 1. The number of nitrogens with zero attached hydrogens (tertiary/aromatic N) is 4. The van der Waals surface area contributed by atoms with E-state index in [4.69, 9.17) is 4.74 Å². The van der Waals surface area contributed by atoms with Crippen molar-refractivity contribution in [1.82, 2.24) is 14.7 Å². The van der Waals surface area contributed by atoms with Crippen LogP contribution in [0.15, 0.2) is 72.8 Å². The Morgan fingerprint density at radius 1 is 1.02 bits per heavy atom. The van der Waals surface area contributed by atoms with Gasteiger partial charge in [0.15, 0.2) is 0 Å². The maximum atomic E-state index is 14.3. The highest BCUT2D eigenvalue weighted by atomic mass is 16.5. The van der Waals surface area contributed by atoms with Crippen molar-refractivity contribution in [2.75, 3.05) is 37.7 Å². The number of carbonyl (C=O) groups excluding carboxylic acids is 2. The smallest absolute Gasteiger partial charge is 0.407 e. The Balaban J connectivity index is 1.47. The topological polar surface area (TPSA) is 114 Å². The van der Waals surface area contributed by atoms with E-state index in [2.05, 4.69) is 29.2 Å². The van der Waals surface area contributed by atoms with E-state index in [-0.39, 0.29) is 30.4 Å². The lowest BCUT2D eigenvalue weighted by Gasteiger charge is -2.42. The first-order valence-corrected chi connectivity index (χ1v) is 16.4. The monoisotopic (exact) mass is 642 g/mol. The molecule has 47 heavy (non-hydrogen) atoms. The van der Waals surface area contributed by atoms with Crippen molar-refractivity contribution in [2.24, 2.45) is 0 Å². The summed E-state index contributed by atoms with van der Waals surface area (Å²) in [4.78, 5) is 47.1. The number of ether oxygens (including phenoxy) is 1. The molecule has 3 amide bonds. The fourth-order valence-corrected chi connectivity index (χ4v) is 6.65. The van der Waals surface area contributed by atoms with Gasteiger partial charge in [0.25, 0.3) is 11.8 Å². The number of carboxylic acid groups (broad SMARTS) is 1. The maximum Gasteiger partial charge on any atom is 0.407 e. The molecule has 10 nitrogen and oxygen atoms in total. The summed E-state index contributed by atoms with van der Waals surface area (Å²) in [6.45, 7) is 9.68. The van der Waals surface area contributed by atoms with Gasteiger partial charge >= 0.3 is 6.09 Å². The Morgan fingerprint density at radius 2 is 1.64 bits per heavy atom. The number of aliphatic hydroxyl groups is 1. The first kappa shape index (κ1) is 33.9. The molecule has 10 heteroatoms. The van der Waals surface area contributed by atoms with Crippen molar-refractivity contribution in [3.63, 3.8) is 0 Å². The van der Waals surface area contributed by atoms with Gasteiger partial charge in [-0.3, -0.25) is 14.5 Å². The van der Waals surface area contributed by atoms with Gasteiger partial charge in [0.1, 0.15) is 5.75 Å². The predicted octanol–water partition coefficient (Wildman–Crippen LogP) is 5.17. The van der Waals surface area contributed by atoms with Crippen molar-refractivity contribution in [3.05, 3.63) is 95.1 Å². The number of hydrogen-bond donors (Lipinski definition) is 2. The van der Waals surface area contributed by atoms with Crippen molar-refractivity contribution < 1.29 is 29.3 Å². The molecule has 0 bridgehead atoms. The minimum Gasteiger partial charge on any atom is -0.473 e. The fraction of sp³-hybridized carbons (Fsp3) is 0.432. The normalized spacial score (nSPS) is 19.5. The van der Waals surface area contributed by atoms with Crippen LogP contribution in [0.2, 0.25) is 0 Å². The van der Waals surface area contributed by atoms with Crippen LogP contribution in [0.25, 0.3) is 0 Å². The van der Waals surface area contributed by atoms with Crippen LogP contribution >= 0.6 is 0 Å². The summed E-state index contributed by atoms with van der Waals surface area (Å²) in [5.74, 6) is -0.159. The average molecular weight is 643 g/mol. The first-order chi connectivity index (χ1) is 22.5. The van der Waals surface area contributed by atoms with E-state index in [1.54, 1.807) is 28.9 Å². The molecule has 5 rings (SSSR count). The molecule has 3 aromatic rings. The van der Waals surface area contributed by atoms with Crippen LogP contribution in [0.1, 0.15) is 60.7 Å². The zero-order valence-electron chi connectivity index (χ0n) is 27.8. The molecule has 2 aliphatic heterocycles. The molecule has 0 aliphatic carbocycles. The Bertz CT molecular complexity index is 1520. The summed E-state index contributed by atoms with van der Waals surface area (Å²) in [6, 6.07) is 23.4. The number of fused-ring (bicyclic) bond motifs is 1. The van der Waals surface area contributed by atoms with Gasteiger partial charge in [0, 0.05) is 50.9 Å². The molecule has 3 aromatic carbocycles. The lowest BCUT2D eigenvalue weighted by atomic mass is 9.97. The summed E-state index contributed by atoms with van der Waals surface area (Å²) in [7, 11) is 0. The summed E-state index contributed by atoms with van der Waals surface area (Å²) < 4.78 is 6.14. The van der Waals surface area contributed by atoms with Crippen LogP contribution < -0.4 is 9.64 Å². The molecule has 0 saturated carbocycles. The molecule has 2 atom stereocenters. The van der Waals surface area contributed by atoms with E-state index in [0.717, 1.165) is 11.1 Å². The van der Waals surface area contributed by atoms with Gasteiger partial charge < -0.3 is 29.6 Å². The third-order valence-electron chi connectivity index (χ3n) is 9.15. The molecule has 0 aromatic heterocycles. The molecule has 1 fully saturated rings. The zero-order chi connectivity index (χ0) is 33.7. The number of aliphatic hydroxyl groups excluding tert-OH is 1. The van der Waals surface area contributed by atoms with E-state index >= 15 is 0 Å². The second-order valence-electron chi connectivity index (χ2n) is 13.1. The van der Waals surface area contributed by atoms with Gasteiger partial charge in [-0.1, -0.05) is 60.7 Å². The van der Waals surface area contributed by atoms with Gasteiger partial charge in [-0.25, -0.2) is 4.79 Å². The summed E-state index contributed by atoms with van der Waals surface area (Å²) in [5.41, 5.74) is 2.42. The third-order valence-corrected chi connectivity index (χ3v) is 9.15. The van der Waals surface area contributed by atoms with Crippen LogP contribution in [0.3, 0.4) is 0 Å². The molecular weight excluding hydrogens is 596 g/mol. The highest BCUT2D eigenvalue weighted by Crippen LogP contribution is 2.40. The average Bonchev–Trinajstić information content (AvgIpc) is 3.05. The zero-order valence-corrected chi connectivity index (χ0v) is 27.8. The Morgan fingerprint density at radius 3 is 2.19 bits per heavy atom. The Kier molecular flexibility index (Phi) is 10.5. The number of anilines is 1.